The Balaban J connectivity index is 0.000000195. The number of anilines is 1. The van der Waals surface area contributed by atoms with Crippen molar-refractivity contribution in [3.05, 3.63) is 222 Å². The van der Waals surface area contributed by atoms with Gasteiger partial charge in [-0.3, -0.25) is 29.5 Å². The first-order chi connectivity index (χ1) is 33.2. The number of benzodiazepines with no additional fused rings is 1. The van der Waals surface area contributed by atoms with Crippen molar-refractivity contribution in [2.75, 3.05) is 12.0 Å². The van der Waals surface area contributed by atoms with Gasteiger partial charge in [-0.05, 0) is 115 Å². The maximum Gasteiger partial charge on any atom is 0.643 e. The van der Waals surface area contributed by atoms with Crippen molar-refractivity contribution in [1.29, 1.82) is 0 Å². The number of aryl methyl sites for hydroxylation is 2. The summed E-state index contributed by atoms with van der Waals surface area (Å²) >= 11 is 23.8. The SMILES string of the molecule is COc1ccc(CN2C(=O)C(Cc3ccccc3Cl)N=C(c3ccc(C)nc3)c3cc(Cl)ccc32)cc1.Cc1ccc(C2=NC(Cc3ccccc3Cl)C(=O)Cc3ccc(Cl)cc32)cn1.[Cl][Al]([Cl])[Cl]. The number of aromatic nitrogens is 2. The third-order valence-electron chi connectivity index (χ3n) is 11.3. The number of amides is 1. The zero-order valence-corrected chi connectivity index (χ0v) is 44.0. The molecule has 0 fully saturated rings. The van der Waals surface area contributed by atoms with Crippen molar-refractivity contribution in [2.24, 2.45) is 9.98 Å². The van der Waals surface area contributed by atoms with E-state index in [0.29, 0.717) is 51.6 Å². The zero-order chi connectivity index (χ0) is 49.2. The van der Waals surface area contributed by atoms with E-state index in [0.717, 1.165) is 73.0 Å². The van der Waals surface area contributed by atoms with Crippen molar-refractivity contribution < 1.29 is 14.3 Å². The van der Waals surface area contributed by atoms with E-state index in [1.165, 1.54) is 0 Å². The van der Waals surface area contributed by atoms with Gasteiger partial charge in [-0.2, -0.15) is 0 Å². The normalized spacial score (nSPS) is 15.1. The maximum atomic E-state index is 14.2. The van der Waals surface area contributed by atoms with Gasteiger partial charge in [-0.1, -0.05) is 101 Å². The smallest absolute Gasteiger partial charge is 0.497 e. The van der Waals surface area contributed by atoms with Gasteiger partial charge in [-0.25, -0.2) is 30.1 Å². The molecule has 0 N–H and O–H groups in total. The minimum Gasteiger partial charge on any atom is -0.497 e. The molecule has 0 spiro atoms. The van der Waals surface area contributed by atoms with Crippen LogP contribution in [-0.4, -0.2) is 63.7 Å². The van der Waals surface area contributed by atoms with Gasteiger partial charge in [0.15, 0.2) is 5.78 Å². The highest BCUT2D eigenvalue weighted by molar-refractivity contribution is 7.54. The number of ketones is 1. The van der Waals surface area contributed by atoms with Crippen molar-refractivity contribution in [2.45, 2.75) is 51.7 Å². The van der Waals surface area contributed by atoms with Gasteiger partial charge in [0, 0.05) is 85.4 Å². The highest BCUT2D eigenvalue weighted by atomic mass is 35.8. The maximum absolute atomic E-state index is 14.2. The highest BCUT2D eigenvalue weighted by Gasteiger charge is 2.33. The van der Waals surface area contributed by atoms with E-state index in [1.54, 1.807) is 30.5 Å². The van der Waals surface area contributed by atoms with Crippen LogP contribution < -0.4 is 9.64 Å². The molecular weight excluding hydrogens is 1030 g/mol. The number of hydrogen-bond donors (Lipinski definition) is 0. The van der Waals surface area contributed by atoms with Gasteiger partial charge in [0.05, 0.1) is 30.8 Å². The Kier molecular flexibility index (Phi) is 18.4. The number of carbonyl (C=O) groups excluding carboxylic acids is 2. The van der Waals surface area contributed by atoms with Crippen LogP contribution in [0.15, 0.2) is 156 Å². The van der Waals surface area contributed by atoms with Gasteiger partial charge in [0.2, 0.25) is 0 Å². The van der Waals surface area contributed by atoms with E-state index < -0.39 is 23.5 Å². The van der Waals surface area contributed by atoms with Crippen molar-refractivity contribution >= 4 is 117 Å². The van der Waals surface area contributed by atoms with E-state index in [1.807, 2.05) is 141 Å². The summed E-state index contributed by atoms with van der Waals surface area (Å²) in [5.74, 6) is 0.708. The van der Waals surface area contributed by atoms with Gasteiger partial charge in [-0.15, -0.1) is 0 Å². The van der Waals surface area contributed by atoms with Crippen molar-refractivity contribution in [3.63, 3.8) is 0 Å². The lowest BCUT2D eigenvalue weighted by atomic mass is 9.95. The average molecular weight is 1070 g/mol. The largest absolute Gasteiger partial charge is 0.643 e. The van der Waals surface area contributed by atoms with E-state index in [-0.39, 0.29) is 11.7 Å². The van der Waals surface area contributed by atoms with Gasteiger partial charge in [0.25, 0.3) is 5.91 Å². The Hall–Kier alpha value is -4.76. The number of Topliss-reactive ketones (excluding diaryl/α,β-unsaturated/α-hetero) is 1. The average Bonchev–Trinajstić information content (AvgIpc) is 3.53. The summed E-state index contributed by atoms with van der Waals surface area (Å²) < 4.78 is 5.30. The molecule has 2 aliphatic heterocycles. The number of halogens is 7. The molecular formula is C53H43AlCl7N5O3. The lowest BCUT2D eigenvalue weighted by Crippen LogP contribution is -2.38. The second kappa shape index (κ2) is 24.4. The van der Waals surface area contributed by atoms with Crippen LogP contribution in [0, 0.1) is 13.8 Å². The van der Waals surface area contributed by atoms with Crippen molar-refractivity contribution in [1.82, 2.24) is 9.97 Å². The number of nitrogens with zero attached hydrogens (tertiary/aromatic N) is 5. The number of hydrogen-bond acceptors (Lipinski definition) is 7. The van der Waals surface area contributed by atoms with Crippen LogP contribution >= 0.6 is 76.6 Å². The fourth-order valence-corrected chi connectivity index (χ4v) is 8.60. The van der Waals surface area contributed by atoms with Gasteiger partial charge < -0.3 is 9.64 Å². The third kappa shape index (κ3) is 13.8. The molecule has 16 heteroatoms. The fraction of sp³-hybridized carbons (Fsp3) is 0.170. The first kappa shape index (κ1) is 52.1. The van der Waals surface area contributed by atoms with Crippen LogP contribution in [0.2, 0.25) is 20.1 Å². The lowest BCUT2D eigenvalue weighted by molar-refractivity contribution is -0.120. The minimum atomic E-state index is -1.72. The van der Waals surface area contributed by atoms with Crippen LogP contribution in [0.3, 0.4) is 0 Å². The van der Waals surface area contributed by atoms with Crippen LogP contribution in [-0.2, 0) is 35.4 Å². The number of ether oxygens (including phenoxy) is 1. The second-order valence-electron chi connectivity index (χ2n) is 16.1. The number of pyridine rings is 2. The summed E-state index contributed by atoms with van der Waals surface area (Å²) in [4.78, 5) is 47.8. The first-order valence-electron chi connectivity index (χ1n) is 21.6. The summed E-state index contributed by atoms with van der Waals surface area (Å²) in [6.45, 7) is 4.24. The van der Waals surface area contributed by atoms with E-state index in [4.69, 9.17) is 91.3 Å². The standard InChI is InChI=1S/C30H25Cl2N3O2.C23H18Cl2N2O.Al.3ClH/c1-19-7-10-22(17-33-19)29-25-16-23(31)11-14-28(25)35(18-20-8-12-24(37-2)13-9-20)30(36)27(34-29)15-21-5-3-4-6-26(21)32;1-14-6-7-17(13-26-14)23-19-12-18(24)9-8-15(19)11-22(28)21(27-23)10-16-4-2-3-5-20(16)25;;;;/h3-14,16-17,27H,15,18H2,1-2H3;2-9,12-13,21H,10-11H2,1H3;;3*1H/q;;+3;;;/p-3. The molecule has 2 aliphatic rings. The number of fused-ring (bicyclic) bond motifs is 2. The first-order valence-corrected chi connectivity index (χ1v) is 28.4. The molecule has 2 atom stereocenters. The molecule has 2 unspecified atom stereocenters. The summed E-state index contributed by atoms with van der Waals surface area (Å²) in [5.41, 5.74) is 11.0. The third-order valence-corrected chi connectivity index (χ3v) is 12.5. The number of aliphatic imine (C=N–C) groups is 2. The molecule has 7 aromatic rings. The summed E-state index contributed by atoms with van der Waals surface area (Å²) in [6.07, 6.45) is 4.72. The number of rotatable bonds is 9. The van der Waals surface area contributed by atoms with E-state index in [9.17, 15) is 9.59 Å². The Bertz CT molecular complexity index is 3010. The quantitative estimate of drug-likeness (QED) is 0.134. The molecule has 1 amide bonds. The van der Waals surface area contributed by atoms with Crippen LogP contribution in [0.1, 0.15) is 55.9 Å². The van der Waals surface area contributed by atoms with E-state index >= 15 is 0 Å². The number of benzene rings is 5. The molecule has 2 aromatic heterocycles. The second-order valence-corrected chi connectivity index (χ2v) is 24.2. The van der Waals surface area contributed by atoms with Crippen molar-refractivity contribution in [3.8, 4) is 5.75 Å². The topological polar surface area (TPSA) is 97.1 Å². The molecule has 8 nitrogen and oxygen atoms in total. The molecule has 69 heavy (non-hydrogen) atoms. The zero-order valence-electron chi connectivity index (χ0n) is 37.5. The number of carbonyl (C=O) groups is 2. The van der Waals surface area contributed by atoms with E-state index in [2.05, 4.69) is 9.97 Å². The molecule has 0 aliphatic carbocycles. The van der Waals surface area contributed by atoms with Gasteiger partial charge >= 0.3 is 11.4 Å². The van der Waals surface area contributed by atoms with Crippen LogP contribution in [0.5, 0.6) is 5.75 Å². The lowest BCUT2D eigenvalue weighted by Gasteiger charge is -2.26. The van der Waals surface area contributed by atoms with Crippen LogP contribution in [0.4, 0.5) is 5.69 Å². The molecule has 0 saturated carbocycles. The predicted octanol–water partition coefficient (Wildman–Crippen LogP) is 13.7. The molecule has 9 rings (SSSR count). The molecule has 0 radical (unpaired) electrons. The summed E-state index contributed by atoms with van der Waals surface area (Å²) in [5, 5.41) is 2.43. The number of methoxy groups -OCH3 is 1. The molecule has 5 aromatic carbocycles. The fourth-order valence-electron chi connectivity index (χ4n) is 7.83. The molecule has 0 saturated heterocycles. The highest BCUT2D eigenvalue weighted by Crippen LogP contribution is 2.34. The Morgan fingerprint density at radius 2 is 1.13 bits per heavy atom. The van der Waals surface area contributed by atoms with Gasteiger partial charge in [0.1, 0.15) is 17.8 Å². The molecule has 350 valence electrons. The Labute approximate surface area is 438 Å². The Morgan fingerprint density at radius 1 is 0.623 bits per heavy atom. The molecule has 0 bridgehead atoms. The minimum absolute atomic E-state index is 0.0681. The molecule has 4 heterocycles. The van der Waals surface area contributed by atoms with Crippen LogP contribution in [0.25, 0.3) is 0 Å². The predicted molar refractivity (Wildman–Crippen MR) is 286 cm³/mol. The summed E-state index contributed by atoms with van der Waals surface area (Å²) in [7, 11) is 16.5. The Morgan fingerprint density at radius 3 is 1.67 bits per heavy atom. The summed E-state index contributed by atoms with van der Waals surface area (Å²) in [6, 6.07) is 40.6. The monoisotopic (exact) mass is 1070 g/mol.